The van der Waals surface area contributed by atoms with Gasteiger partial charge in [-0.25, -0.2) is 0 Å². The van der Waals surface area contributed by atoms with Crippen LogP contribution in [0, 0.1) is 0 Å². The van der Waals surface area contributed by atoms with Crippen LogP contribution in [0.5, 0.6) is 0 Å². The molecule has 1 N–H and O–H groups in total. The van der Waals surface area contributed by atoms with Gasteiger partial charge < -0.3 is 5.32 Å². The molecule has 0 atom stereocenters. The highest BCUT2D eigenvalue weighted by atomic mass is 32.1. The lowest BCUT2D eigenvalue weighted by molar-refractivity contribution is 0.660. The zero-order valence-corrected chi connectivity index (χ0v) is 17.3. The molecule has 5 aromatic rings. The minimum absolute atomic E-state index is 0.0186. The monoisotopic (exact) mass is 391 g/mol. The molecule has 2 heteroatoms. The second-order valence-corrected chi connectivity index (χ2v) is 9.42. The molecule has 0 fully saturated rings. The number of rotatable bonds is 2. The number of hydrogen-bond donors (Lipinski definition) is 1. The van der Waals surface area contributed by atoms with Gasteiger partial charge in [0.15, 0.2) is 0 Å². The Kier molecular flexibility index (Phi) is 3.45. The molecule has 1 heterocycles. The van der Waals surface area contributed by atoms with Crippen molar-refractivity contribution in [2.45, 2.75) is 19.3 Å². The summed E-state index contributed by atoms with van der Waals surface area (Å²) in [6, 6.07) is 30.8. The number of thiophene rings is 1. The van der Waals surface area contributed by atoms with E-state index >= 15 is 0 Å². The van der Waals surface area contributed by atoms with Crippen molar-refractivity contribution >= 4 is 42.9 Å². The summed E-state index contributed by atoms with van der Waals surface area (Å²) in [5.41, 5.74) is 7.87. The van der Waals surface area contributed by atoms with E-state index in [1.54, 1.807) is 0 Å². The third-order valence-corrected chi connectivity index (χ3v) is 7.40. The number of hydrogen-bond acceptors (Lipinski definition) is 2. The molecule has 0 radical (unpaired) electrons. The smallest absolute Gasteiger partial charge is 0.0478 e. The molecule has 1 aliphatic carbocycles. The fourth-order valence-electron chi connectivity index (χ4n) is 4.82. The van der Waals surface area contributed by atoms with Crippen LogP contribution in [0.2, 0.25) is 0 Å². The van der Waals surface area contributed by atoms with Crippen LogP contribution in [0.15, 0.2) is 84.9 Å². The van der Waals surface area contributed by atoms with Crippen LogP contribution < -0.4 is 5.32 Å². The van der Waals surface area contributed by atoms with E-state index in [4.69, 9.17) is 0 Å². The Labute approximate surface area is 174 Å². The van der Waals surface area contributed by atoms with Crippen LogP contribution in [-0.4, -0.2) is 0 Å². The molecule has 0 bridgehead atoms. The molecule has 0 spiro atoms. The first kappa shape index (κ1) is 16.8. The van der Waals surface area contributed by atoms with Crippen molar-refractivity contribution in [3.63, 3.8) is 0 Å². The molecule has 1 aliphatic rings. The molecule has 4 aromatic carbocycles. The van der Waals surface area contributed by atoms with E-state index in [0.29, 0.717) is 0 Å². The lowest BCUT2D eigenvalue weighted by Gasteiger charge is -2.22. The maximum atomic E-state index is 3.73. The van der Waals surface area contributed by atoms with Gasteiger partial charge in [0.1, 0.15) is 0 Å². The number of anilines is 2. The minimum atomic E-state index is 0.0186. The summed E-state index contributed by atoms with van der Waals surface area (Å²) < 4.78 is 2.66. The van der Waals surface area contributed by atoms with Gasteiger partial charge in [-0.15, -0.1) is 11.3 Å². The van der Waals surface area contributed by atoms with Crippen molar-refractivity contribution in [3.8, 4) is 11.1 Å². The summed E-state index contributed by atoms with van der Waals surface area (Å²) in [5, 5.41) is 6.37. The number of fused-ring (bicyclic) bond motifs is 6. The van der Waals surface area contributed by atoms with Crippen LogP contribution in [0.3, 0.4) is 0 Å². The normalized spacial score (nSPS) is 14.1. The molecular weight excluding hydrogens is 370 g/mol. The van der Waals surface area contributed by atoms with Crippen molar-refractivity contribution in [2.75, 3.05) is 5.32 Å². The summed E-state index contributed by atoms with van der Waals surface area (Å²) in [7, 11) is 0. The molecule has 1 aromatic heterocycles. The van der Waals surface area contributed by atoms with Gasteiger partial charge in [-0.1, -0.05) is 68.4 Å². The highest BCUT2D eigenvalue weighted by Crippen LogP contribution is 2.49. The van der Waals surface area contributed by atoms with E-state index in [2.05, 4.69) is 104 Å². The minimum Gasteiger partial charge on any atom is -0.355 e. The first-order valence-electron chi connectivity index (χ1n) is 10.0. The third-order valence-electron chi connectivity index (χ3n) is 6.27. The van der Waals surface area contributed by atoms with E-state index in [1.165, 1.54) is 48.1 Å². The van der Waals surface area contributed by atoms with Gasteiger partial charge in [0.05, 0.1) is 0 Å². The molecule has 29 heavy (non-hydrogen) atoms. The van der Waals surface area contributed by atoms with E-state index in [9.17, 15) is 0 Å². The topological polar surface area (TPSA) is 12.0 Å². The molecule has 0 unspecified atom stereocenters. The predicted octanol–water partition coefficient (Wildman–Crippen LogP) is 8.10. The maximum absolute atomic E-state index is 3.73. The first-order valence-corrected chi connectivity index (χ1v) is 10.9. The summed E-state index contributed by atoms with van der Waals surface area (Å²) in [6.07, 6.45) is 0. The molecular formula is C27H21NS. The second kappa shape index (κ2) is 5.95. The van der Waals surface area contributed by atoms with Gasteiger partial charge in [-0.3, -0.25) is 0 Å². The quantitative estimate of drug-likeness (QED) is 0.320. The van der Waals surface area contributed by atoms with Crippen LogP contribution in [0.25, 0.3) is 31.3 Å². The summed E-state index contributed by atoms with van der Waals surface area (Å²) >= 11 is 1.86. The fraction of sp³-hybridized carbons (Fsp3) is 0.111. The Morgan fingerprint density at radius 3 is 2.38 bits per heavy atom. The van der Waals surface area contributed by atoms with Crippen molar-refractivity contribution in [1.82, 2.24) is 0 Å². The molecule has 0 saturated carbocycles. The van der Waals surface area contributed by atoms with Crippen LogP contribution >= 0.6 is 11.3 Å². The zero-order chi connectivity index (χ0) is 19.6. The van der Waals surface area contributed by atoms with Crippen LogP contribution in [0.4, 0.5) is 11.4 Å². The van der Waals surface area contributed by atoms with Crippen molar-refractivity contribution in [1.29, 1.82) is 0 Å². The number of nitrogens with one attached hydrogen (secondary N) is 1. The van der Waals surface area contributed by atoms with E-state index in [0.717, 1.165) is 5.69 Å². The molecule has 0 aliphatic heterocycles. The lowest BCUT2D eigenvalue weighted by Crippen LogP contribution is -2.15. The average Bonchev–Trinajstić information content (AvgIpc) is 3.23. The highest BCUT2D eigenvalue weighted by molar-refractivity contribution is 7.25. The summed E-state index contributed by atoms with van der Waals surface area (Å²) in [5.74, 6) is 0. The Balaban J connectivity index is 1.49. The van der Waals surface area contributed by atoms with Crippen molar-refractivity contribution < 1.29 is 0 Å². The molecule has 1 nitrogen and oxygen atoms in total. The van der Waals surface area contributed by atoms with Crippen molar-refractivity contribution in [2.24, 2.45) is 0 Å². The van der Waals surface area contributed by atoms with Gasteiger partial charge in [0.25, 0.3) is 0 Å². The zero-order valence-electron chi connectivity index (χ0n) is 16.5. The number of benzene rings is 4. The van der Waals surface area contributed by atoms with Crippen LogP contribution in [0.1, 0.15) is 25.0 Å². The second-order valence-electron chi connectivity index (χ2n) is 8.33. The lowest BCUT2D eigenvalue weighted by atomic mass is 9.82. The Morgan fingerprint density at radius 1 is 0.690 bits per heavy atom. The molecule has 6 rings (SSSR count). The average molecular weight is 392 g/mol. The van der Waals surface area contributed by atoms with E-state index < -0.39 is 0 Å². The van der Waals surface area contributed by atoms with Crippen molar-refractivity contribution in [3.05, 3.63) is 96.1 Å². The van der Waals surface area contributed by atoms with Gasteiger partial charge in [0, 0.05) is 37.0 Å². The maximum Gasteiger partial charge on any atom is 0.0478 e. The van der Waals surface area contributed by atoms with E-state index in [-0.39, 0.29) is 5.41 Å². The van der Waals surface area contributed by atoms with Gasteiger partial charge in [-0.2, -0.15) is 0 Å². The predicted molar refractivity (Wildman–Crippen MR) is 127 cm³/mol. The van der Waals surface area contributed by atoms with Gasteiger partial charge in [-0.05, 0) is 52.6 Å². The van der Waals surface area contributed by atoms with E-state index in [1.807, 2.05) is 11.3 Å². The van der Waals surface area contributed by atoms with Gasteiger partial charge in [0.2, 0.25) is 0 Å². The largest absolute Gasteiger partial charge is 0.355 e. The molecule has 140 valence electrons. The first-order chi connectivity index (χ1) is 14.1. The third kappa shape index (κ3) is 2.39. The Hall–Kier alpha value is -3.10. The Morgan fingerprint density at radius 2 is 1.45 bits per heavy atom. The van der Waals surface area contributed by atoms with Gasteiger partial charge >= 0.3 is 0 Å². The SMILES string of the molecule is CC1(C)c2ccccc2-c2ccc(Nc3cccc4sc5ccccc5c34)cc21. The fourth-order valence-corrected chi connectivity index (χ4v) is 5.95. The standard InChI is InChI=1S/C27H21NS/c1-27(2)21-10-5-3-8-18(21)19-15-14-17(16-22(19)27)28-23-11-7-13-25-26(23)20-9-4-6-12-24(20)29-25/h3-16,28H,1-2H3. The highest BCUT2D eigenvalue weighted by Gasteiger charge is 2.35. The summed E-state index contributed by atoms with van der Waals surface area (Å²) in [4.78, 5) is 0. The summed E-state index contributed by atoms with van der Waals surface area (Å²) in [6.45, 7) is 4.66. The van der Waals surface area contributed by atoms with Crippen LogP contribution in [-0.2, 0) is 5.41 Å². The molecule has 0 saturated heterocycles. The Bertz CT molecular complexity index is 1410. The molecule has 0 amide bonds.